The lowest BCUT2D eigenvalue weighted by Gasteiger charge is -2.22. The van der Waals surface area contributed by atoms with Crippen LogP contribution < -0.4 is 5.32 Å². The van der Waals surface area contributed by atoms with Crippen molar-refractivity contribution in [3.05, 3.63) is 65.7 Å². The Bertz CT molecular complexity index is 1180. The minimum Gasteiger partial charge on any atom is -0.342 e. The van der Waals surface area contributed by atoms with E-state index in [2.05, 4.69) is 22.4 Å². The molecule has 0 aliphatic heterocycles. The van der Waals surface area contributed by atoms with Crippen LogP contribution in [0.25, 0.3) is 10.6 Å². The minimum atomic E-state index is -4.41. The van der Waals surface area contributed by atoms with E-state index in [1.807, 2.05) is 30.3 Å². The molecule has 0 saturated heterocycles. The molecule has 1 aromatic heterocycles. The van der Waals surface area contributed by atoms with Gasteiger partial charge in [0.1, 0.15) is 5.01 Å². The molecule has 0 bridgehead atoms. The topological polar surface area (TPSA) is 75.2 Å². The largest absolute Gasteiger partial charge is 0.416 e. The number of nitrogens with one attached hydrogen (secondary N) is 1. The molecule has 2 amide bonds. The Morgan fingerprint density at radius 2 is 1.78 bits per heavy atom. The monoisotopic (exact) mass is 516 g/mol. The number of carbonyl (C=O) groups excluding carboxylic acids is 2. The molecule has 3 aromatic rings. The molecular formula is C26H27F3N4O2S. The van der Waals surface area contributed by atoms with Gasteiger partial charge in [-0.15, -0.1) is 10.2 Å². The molecule has 0 radical (unpaired) electrons. The molecule has 6 nitrogen and oxygen atoms in total. The fourth-order valence-electron chi connectivity index (χ4n) is 4.06. The van der Waals surface area contributed by atoms with E-state index in [9.17, 15) is 22.8 Å². The highest BCUT2D eigenvalue weighted by Gasteiger charge is 2.45. The zero-order chi connectivity index (χ0) is 25.7. The van der Waals surface area contributed by atoms with Gasteiger partial charge in [0.05, 0.1) is 5.56 Å². The average molecular weight is 517 g/mol. The summed E-state index contributed by atoms with van der Waals surface area (Å²) in [5, 5.41) is 11.2. The predicted molar refractivity (Wildman–Crippen MR) is 132 cm³/mol. The second-order valence-corrected chi connectivity index (χ2v) is 9.80. The van der Waals surface area contributed by atoms with Crippen LogP contribution in [0.2, 0.25) is 0 Å². The number of halogens is 3. The van der Waals surface area contributed by atoms with Crippen molar-refractivity contribution >= 4 is 28.3 Å². The van der Waals surface area contributed by atoms with Gasteiger partial charge in [-0.25, -0.2) is 0 Å². The highest BCUT2D eigenvalue weighted by molar-refractivity contribution is 7.18. The maximum absolute atomic E-state index is 13.1. The van der Waals surface area contributed by atoms with E-state index in [1.165, 1.54) is 17.7 Å². The van der Waals surface area contributed by atoms with Gasteiger partial charge in [-0.1, -0.05) is 67.1 Å². The summed E-state index contributed by atoms with van der Waals surface area (Å²) in [5.41, 5.74) is 0.909. The first kappa shape index (κ1) is 25.8. The zero-order valence-corrected chi connectivity index (χ0v) is 20.6. The van der Waals surface area contributed by atoms with Gasteiger partial charge in [0, 0.05) is 31.0 Å². The van der Waals surface area contributed by atoms with Crippen molar-refractivity contribution in [3.63, 3.8) is 0 Å². The molecular weight excluding hydrogens is 489 g/mol. The molecule has 1 saturated carbocycles. The van der Waals surface area contributed by atoms with Crippen LogP contribution in [0.5, 0.6) is 0 Å². The smallest absolute Gasteiger partial charge is 0.342 e. The van der Waals surface area contributed by atoms with E-state index in [0.29, 0.717) is 23.7 Å². The van der Waals surface area contributed by atoms with Gasteiger partial charge in [-0.2, -0.15) is 13.2 Å². The Balaban J connectivity index is 1.31. The van der Waals surface area contributed by atoms with Crippen molar-refractivity contribution in [1.82, 2.24) is 15.1 Å². The number of carbonyl (C=O) groups is 2. The van der Waals surface area contributed by atoms with Crippen molar-refractivity contribution < 1.29 is 22.8 Å². The standard InChI is InChI=1S/C26H27F3N4O2S/c1-2-3-14-33(24(35)21-16-20(21)17-7-5-4-6-8-17)15-13-22(34)30-25-32-31-23(36-25)18-9-11-19(12-10-18)26(27,28)29/h4-12,20-21H,2-3,13-16H2,1H3,(H,30,32,34)/t20-,21?/m0/s1. The molecule has 36 heavy (non-hydrogen) atoms. The predicted octanol–water partition coefficient (Wildman–Crippen LogP) is 5.98. The van der Waals surface area contributed by atoms with Gasteiger partial charge in [-0.05, 0) is 36.5 Å². The van der Waals surface area contributed by atoms with Crippen LogP contribution >= 0.6 is 11.3 Å². The molecule has 1 aliphatic rings. The van der Waals surface area contributed by atoms with Gasteiger partial charge < -0.3 is 10.2 Å². The van der Waals surface area contributed by atoms with E-state index in [4.69, 9.17) is 0 Å². The Labute approximate surface area is 211 Å². The second-order valence-electron chi connectivity index (χ2n) is 8.82. The van der Waals surface area contributed by atoms with Gasteiger partial charge in [-0.3, -0.25) is 9.59 Å². The van der Waals surface area contributed by atoms with E-state index >= 15 is 0 Å². The van der Waals surface area contributed by atoms with Crippen LogP contribution in [-0.2, 0) is 15.8 Å². The molecule has 2 aromatic carbocycles. The van der Waals surface area contributed by atoms with Crippen LogP contribution in [0, 0.1) is 5.92 Å². The highest BCUT2D eigenvalue weighted by atomic mass is 32.1. The number of hydrogen-bond donors (Lipinski definition) is 1. The number of rotatable bonds is 10. The molecule has 190 valence electrons. The molecule has 4 rings (SSSR count). The Morgan fingerprint density at radius 1 is 1.06 bits per heavy atom. The number of hydrogen-bond acceptors (Lipinski definition) is 5. The first-order valence-corrected chi connectivity index (χ1v) is 12.7. The van der Waals surface area contributed by atoms with Crippen LogP contribution in [0.15, 0.2) is 54.6 Å². The third kappa shape index (κ3) is 6.48. The van der Waals surface area contributed by atoms with E-state index in [-0.39, 0.29) is 35.2 Å². The minimum absolute atomic E-state index is 0.0400. The zero-order valence-electron chi connectivity index (χ0n) is 19.8. The van der Waals surface area contributed by atoms with Gasteiger partial charge in [0.25, 0.3) is 0 Å². The van der Waals surface area contributed by atoms with Crippen LogP contribution in [0.3, 0.4) is 0 Å². The maximum atomic E-state index is 13.1. The SMILES string of the molecule is CCCCN(CCC(=O)Nc1nnc(-c2ccc(C(F)(F)F)cc2)s1)C(=O)C1C[C@H]1c1ccccc1. The Hall–Kier alpha value is -3.27. The Kier molecular flexibility index (Phi) is 8.03. The molecule has 1 fully saturated rings. The first-order chi connectivity index (χ1) is 17.3. The van der Waals surface area contributed by atoms with Crippen molar-refractivity contribution in [3.8, 4) is 10.6 Å². The van der Waals surface area contributed by atoms with E-state index in [1.54, 1.807) is 4.90 Å². The van der Waals surface area contributed by atoms with Gasteiger partial charge in [0.15, 0.2) is 0 Å². The fourth-order valence-corrected chi connectivity index (χ4v) is 4.83. The molecule has 0 spiro atoms. The fraction of sp³-hybridized carbons (Fsp3) is 0.385. The number of anilines is 1. The van der Waals surface area contributed by atoms with E-state index in [0.717, 1.165) is 42.7 Å². The number of nitrogens with zero attached hydrogens (tertiary/aromatic N) is 3. The third-order valence-electron chi connectivity index (χ3n) is 6.17. The number of unbranched alkanes of at least 4 members (excludes halogenated alkanes) is 1. The van der Waals surface area contributed by atoms with Crippen molar-refractivity contribution in [1.29, 1.82) is 0 Å². The quantitative estimate of drug-likeness (QED) is 0.360. The van der Waals surface area contributed by atoms with Crippen LogP contribution in [0.1, 0.15) is 49.7 Å². The van der Waals surface area contributed by atoms with Crippen molar-refractivity contribution in [2.45, 2.75) is 44.7 Å². The second kappa shape index (κ2) is 11.2. The maximum Gasteiger partial charge on any atom is 0.416 e. The van der Waals surface area contributed by atoms with Crippen molar-refractivity contribution in [2.24, 2.45) is 5.92 Å². The number of benzene rings is 2. The molecule has 10 heteroatoms. The summed E-state index contributed by atoms with van der Waals surface area (Å²) in [5.74, 6) is -0.0103. The Morgan fingerprint density at radius 3 is 2.44 bits per heavy atom. The van der Waals surface area contributed by atoms with Crippen molar-refractivity contribution in [2.75, 3.05) is 18.4 Å². The molecule has 2 atom stereocenters. The van der Waals surface area contributed by atoms with Gasteiger partial charge in [0.2, 0.25) is 16.9 Å². The summed E-state index contributed by atoms with van der Waals surface area (Å²) in [4.78, 5) is 27.4. The number of amides is 2. The van der Waals surface area contributed by atoms with Crippen LogP contribution in [-0.4, -0.2) is 40.0 Å². The average Bonchev–Trinajstić information content (AvgIpc) is 3.54. The lowest BCUT2D eigenvalue weighted by molar-refractivity contribution is -0.137. The normalized spacial score (nSPS) is 17.0. The summed E-state index contributed by atoms with van der Waals surface area (Å²) >= 11 is 1.08. The highest BCUT2D eigenvalue weighted by Crippen LogP contribution is 2.48. The lowest BCUT2D eigenvalue weighted by Crippen LogP contribution is -2.36. The van der Waals surface area contributed by atoms with Gasteiger partial charge >= 0.3 is 6.18 Å². The molecule has 1 N–H and O–H groups in total. The summed E-state index contributed by atoms with van der Waals surface area (Å²) < 4.78 is 38.3. The summed E-state index contributed by atoms with van der Waals surface area (Å²) in [6.07, 6.45) is -1.65. The van der Waals surface area contributed by atoms with Crippen LogP contribution in [0.4, 0.5) is 18.3 Å². The molecule has 1 aliphatic carbocycles. The number of alkyl halides is 3. The number of aromatic nitrogens is 2. The summed E-state index contributed by atoms with van der Waals surface area (Å²) in [6, 6.07) is 14.6. The third-order valence-corrected chi connectivity index (χ3v) is 7.06. The summed E-state index contributed by atoms with van der Waals surface area (Å²) in [6.45, 7) is 2.98. The summed E-state index contributed by atoms with van der Waals surface area (Å²) in [7, 11) is 0. The lowest BCUT2D eigenvalue weighted by atomic mass is 10.1. The molecule has 1 heterocycles. The van der Waals surface area contributed by atoms with E-state index < -0.39 is 11.7 Å². The first-order valence-electron chi connectivity index (χ1n) is 11.9. The molecule has 1 unspecified atom stereocenters.